The van der Waals surface area contributed by atoms with Crippen LogP contribution in [0.5, 0.6) is 11.6 Å². The van der Waals surface area contributed by atoms with E-state index in [9.17, 15) is 8.42 Å². The predicted molar refractivity (Wildman–Crippen MR) is 93.1 cm³/mol. The molecule has 1 heterocycles. The number of rotatable bonds is 6. The van der Waals surface area contributed by atoms with Crippen molar-refractivity contribution in [2.75, 3.05) is 5.32 Å². The number of hydrogen-bond donors (Lipinski definition) is 2. The van der Waals surface area contributed by atoms with Crippen LogP contribution in [-0.4, -0.2) is 13.4 Å². The highest BCUT2D eigenvalue weighted by molar-refractivity contribution is 7.72. The van der Waals surface area contributed by atoms with Crippen LogP contribution in [-0.2, 0) is 17.2 Å². The minimum atomic E-state index is -2.68. The molecule has 0 aliphatic carbocycles. The van der Waals surface area contributed by atoms with Crippen molar-refractivity contribution in [2.45, 2.75) is 11.4 Å². The Kier molecular flexibility index (Phi) is 5.08. The Morgan fingerprint density at radius 3 is 2.46 bits per heavy atom. The zero-order valence-electron chi connectivity index (χ0n) is 12.8. The van der Waals surface area contributed by atoms with Crippen molar-refractivity contribution in [3.8, 4) is 11.6 Å². The van der Waals surface area contributed by atoms with Gasteiger partial charge in [-0.1, -0.05) is 24.3 Å². The molecule has 0 saturated carbocycles. The third-order valence-corrected chi connectivity index (χ3v) is 4.19. The van der Waals surface area contributed by atoms with E-state index >= 15 is 0 Å². The van der Waals surface area contributed by atoms with E-state index in [1.54, 1.807) is 36.5 Å². The molecule has 0 radical (unpaired) electrons. The van der Waals surface area contributed by atoms with Gasteiger partial charge >= 0.3 is 0 Å². The summed E-state index contributed by atoms with van der Waals surface area (Å²) in [6.07, 6.45) is 1.64. The molecule has 0 saturated heterocycles. The van der Waals surface area contributed by atoms with Crippen LogP contribution in [0.15, 0.2) is 77.8 Å². The first kappa shape index (κ1) is 16.0. The zero-order chi connectivity index (χ0) is 16.8. The lowest BCUT2D eigenvalue weighted by molar-refractivity contribution is 0.462. The Morgan fingerprint density at radius 1 is 0.958 bits per heavy atom. The molecule has 1 N–H and O–H groups in total. The lowest BCUT2D eigenvalue weighted by Gasteiger charge is -2.11. The predicted octanol–water partition coefficient (Wildman–Crippen LogP) is 3.46. The van der Waals surface area contributed by atoms with Gasteiger partial charge in [-0.3, -0.25) is 0 Å². The zero-order valence-corrected chi connectivity index (χ0v) is 13.6. The van der Waals surface area contributed by atoms with Crippen LogP contribution in [0, 0.1) is 0 Å². The number of hydrogen-bond acceptors (Lipinski definition) is 5. The maximum Gasteiger partial charge on any atom is 0.219 e. The molecule has 0 amide bonds. The highest BCUT2D eigenvalue weighted by Crippen LogP contribution is 2.24. The number of aromatic nitrogens is 1. The molecule has 0 fully saturated rings. The first-order valence-electron chi connectivity index (χ1n) is 7.37. The summed E-state index contributed by atoms with van der Waals surface area (Å²) in [7, 11) is -2.68. The largest absolute Gasteiger partial charge is 0.439 e. The van der Waals surface area contributed by atoms with Gasteiger partial charge in [0.15, 0.2) is 10.7 Å². The van der Waals surface area contributed by atoms with E-state index in [1.807, 2.05) is 36.4 Å². The lowest BCUT2D eigenvalue weighted by Crippen LogP contribution is -2.03. The number of thiol groups is 1. The second kappa shape index (κ2) is 7.61. The molecular weight excluding hydrogens is 324 g/mol. The van der Waals surface area contributed by atoms with E-state index < -0.39 is 10.7 Å². The average Bonchev–Trinajstić information content (AvgIpc) is 2.61. The smallest absolute Gasteiger partial charge is 0.219 e. The Balaban J connectivity index is 1.83. The normalized spacial score (nSPS) is 10.5. The molecule has 0 aliphatic heterocycles. The Bertz CT molecular complexity index is 873. The summed E-state index contributed by atoms with van der Waals surface area (Å²) in [5.74, 6) is 0.998. The van der Waals surface area contributed by atoms with Gasteiger partial charge in [-0.05, 0) is 42.0 Å². The second-order valence-electron chi connectivity index (χ2n) is 5.04. The molecule has 122 valence electrons. The summed E-state index contributed by atoms with van der Waals surface area (Å²) >= 11 is 0. The summed E-state index contributed by atoms with van der Waals surface area (Å²) in [6.45, 7) is 0.377. The van der Waals surface area contributed by atoms with Gasteiger partial charge < -0.3 is 10.1 Å². The van der Waals surface area contributed by atoms with Crippen LogP contribution in [0.3, 0.4) is 0 Å². The van der Waals surface area contributed by atoms with Crippen molar-refractivity contribution in [3.05, 3.63) is 78.5 Å². The van der Waals surface area contributed by atoms with E-state index in [0.29, 0.717) is 23.7 Å². The summed E-state index contributed by atoms with van der Waals surface area (Å²) in [5, 5.41) is 3.21. The van der Waals surface area contributed by atoms with Gasteiger partial charge in [0.25, 0.3) is 0 Å². The van der Waals surface area contributed by atoms with E-state index in [2.05, 4.69) is 10.3 Å². The topological polar surface area (TPSA) is 68.3 Å². The number of pyridine rings is 1. The van der Waals surface area contributed by atoms with Gasteiger partial charge in [0.05, 0.1) is 4.90 Å². The Labute approximate surface area is 141 Å². The molecule has 3 rings (SSSR count). The van der Waals surface area contributed by atoms with Crippen molar-refractivity contribution in [1.82, 2.24) is 4.98 Å². The monoisotopic (exact) mass is 340 g/mol. The van der Waals surface area contributed by atoms with E-state index in [0.717, 1.165) is 5.69 Å². The number of para-hydroxylation sites is 1. The fourth-order valence-electron chi connectivity index (χ4n) is 2.23. The highest BCUT2D eigenvalue weighted by atomic mass is 32.2. The van der Waals surface area contributed by atoms with E-state index in [4.69, 9.17) is 4.74 Å². The first-order valence-corrected chi connectivity index (χ1v) is 8.55. The summed E-state index contributed by atoms with van der Waals surface area (Å²) < 4.78 is 28.6. The molecule has 2 aromatic carbocycles. The number of nitrogens with zero attached hydrogens (tertiary/aromatic N) is 1. The van der Waals surface area contributed by atoms with E-state index in [1.165, 1.54) is 0 Å². The van der Waals surface area contributed by atoms with Crippen molar-refractivity contribution >= 4 is 16.4 Å². The fourth-order valence-corrected chi connectivity index (χ4v) is 2.80. The van der Waals surface area contributed by atoms with Gasteiger partial charge in [0, 0.05) is 24.5 Å². The van der Waals surface area contributed by atoms with Crippen LogP contribution < -0.4 is 10.1 Å². The molecule has 5 nitrogen and oxygen atoms in total. The Morgan fingerprint density at radius 2 is 1.75 bits per heavy atom. The van der Waals surface area contributed by atoms with Crippen molar-refractivity contribution in [1.29, 1.82) is 0 Å². The minimum absolute atomic E-state index is 0.279. The molecule has 0 spiro atoms. The number of anilines is 1. The molecular formula is C18H16N2O3S. The summed E-state index contributed by atoms with van der Waals surface area (Å²) in [6, 6.07) is 19.8. The summed E-state index contributed by atoms with van der Waals surface area (Å²) in [4.78, 5) is 4.38. The van der Waals surface area contributed by atoms with Crippen LogP contribution in [0.1, 0.15) is 5.56 Å². The number of benzene rings is 2. The third-order valence-electron chi connectivity index (χ3n) is 3.36. The highest BCUT2D eigenvalue weighted by Gasteiger charge is 2.08. The Hall–Kier alpha value is -2.86. The van der Waals surface area contributed by atoms with Gasteiger partial charge in [-0.15, -0.1) is 0 Å². The molecule has 24 heavy (non-hydrogen) atoms. The van der Waals surface area contributed by atoms with Gasteiger partial charge in [-0.2, -0.15) is 0 Å². The molecule has 0 atom stereocenters. The number of ether oxygens (including phenoxy) is 1. The summed E-state index contributed by atoms with van der Waals surface area (Å²) in [5.41, 5.74) is 1.56. The molecule has 3 aromatic rings. The lowest BCUT2D eigenvalue weighted by atomic mass is 10.2. The fraction of sp³-hybridized carbons (Fsp3) is 0.0556. The SMILES string of the molecule is O=[SH](=O)c1ccc(Oc2ccccn2)cc1CNc1ccccc1. The van der Waals surface area contributed by atoms with Gasteiger partial charge in [-0.25, -0.2) is 13.4 Å². The third kappa shape index (κ3) is 4.11. The van der Waals surface area contributed by atoms with Crippen LogP contribution in [0.25, 0.3) is 0 Å². The van der Waals surface area contributed by atoms with E-state index in [-0.39, 0.29) is 4.90 Å². The minimum Gasteiger partial charge on any atom is -0.439 e. The van der Waals surface area contributed by atoms with Crippen molar-refractivity contribution in [3.63, 3.8) is 0 Å². The quantitative estimate of drug-likeness (QED) is 0.673. The average molecular weight is 340 g/mol. The van der Waals surface area contributed by atoms with Crippen molar-refractivity contribution in [2.24, 2.45) is 0 Å². The van der Waals surface area contributed by atoms with Crippen LogP contribution >= 0.6 is 0 Å². The standard InChI is InChI=1S/C18H16N2O3S/c21-24(22)17-10-9-16(23-18-8-4-5-11-19-18)12-14(17)13-20-15-6-2-1-3-7-15/h1-12,20,24H,13H2. The second-order valence-corrected chi connectivity index (χ2v) is 6.03. The molecule has 0 unspecified atom stereocenters. The van der Waals surface area contributed by atoms with Gasteiger partial charge in [0.1, 0.15) is 5.75 Å². The van der Waals surface area contributed by atoms with Gasteiger partial charge in [0.2, 0.25) is 5.88 Å². The van der Waals surface area contributed by atoms with Crippen LogP contribution in [0.4, 0.5) is 5.69 Å². The maximum absolute atomic E-state index is 11.5. The number of nitrogens with one attached hydrogen (secondary N) is 1. The molecule has 0 aliphatic rings. The van der Waals surface area contributed by atoms with Crippen molar-refractivity contribution < 1.29 is 13.2 Å². The molecule has 0 bridgehead atoms. The van der Waals surface area contributed by atoms with Crippen LogP contribution in [0.2, 0.25) is 0 Å². The molecule has 1 aromatic heterocycles. The maximum atomic E-state index is 11.5. The first-order chi connectivity index (χ1) is 11.7. The molecule has 6 heteroatoms.